The van der Waals surface area contributed by atoms with Crippen LogP contribution >= 0.6 is 0 Å². The lowest BCUT2D eigenvalue weighted by Gasteiger charge is -2.30. The maximum absolute atomic E-state index is 13.7. The molecule has 0 N–H and O–H groups in total. The van der Waals surface area contributed by atoms with Gasteiger partial charge in [0.15, 0.2) is 0 Å². The van der Waals surface area contributed by atoms with Gasteiger partial charge in [-0.3, -0.25) is 14.2 Å². The number of carbonyl (C=O) groups is 1. The number of hydrogen-bond donors (Lipinski definition) is 0. The van der Waals surface area contributed by atoms with Crippen molar-refractivity contribution in [2.75, 3.05) is 0 Å². The fraction of sp³-hybridized carbons (Fsp3) is 0.321. The average molecular weight is 458 g/mol. The first-order chi connectivity index (χ1) is 16.3. The minimum Gasteiger partial charge on any atom is -0.467 e. The van der Waals surface area contributed by atoms with Crippen molar-refractivity contribution in [1.82, 2.24) is 14.5 Å². The van der Waals surface area contributed by atoms with Crippen LogP contribution in [0, 0.1) is 19.8 Å². The number of hydrogen-bond acceptors (Lipinski definition) is 4. The quantitative estimate of drug-likeness (QED) is 0.355. The monoisotopic (exact) mass is 457 g/mol. The van der Waals surface area contributed by atoms with Gasteiger partial charge in [0.2, 0.25) is 5.91 Å². The maximum atomic E-state index is 13.7. The first-order valence-electron chi connectivity index (χ1n) is 11.7. The molecule has 4 aromatic rings. The summed E-state index contributed by atoms with van der Waals surface area (Å²) < 4.78 is 7.21. The molecule has 6 nitrogen and oxygen atoms in total. The molecule has 1 amide bonds. The Morgan fingerprint density at radius 2 is 1.79 bits per heavy atom. The minimum absolute atomic E-state index is 0.00653. The maximum Gasteiger partial charge on any atom is 0.266 e. The summed E-state index contributed by atoms with van der Waals surface area (Å²) in [4.78, 5) is 33.8. The zero-order valence-electron chi connectivity index (χ0n) is 20.4. The molecule has 0 saturated heterocycles. The van der Waals surface area contributed by atoms with E-state index in [0.717, 1.165) is 16.8 Å². The molecule has 34 heavy (non-hydrogen) atoms. The molecule has 4 rings (SSSR count). The number of para-hydroxylation sites is 1. The van der Waals surface area contributed by atoms with Crippen LogP contribution in [0.1, 0.15) is 55.9 Å². The van der Waals surface area contributed by atoms with Gasteiger partial charge in [-0.05, 0) is 74.2 Å². The number of aromatic nitrogens is 2. The Balaban J connectivity index is 1.91. The highest BCUT2D eigenvalue weighted by Crippen LogP contribution is 2.26. The molecule has 1 atom stereocenters. The third-order valence-electron chi connectivity index (χ3n) is 6.20. The van der Waals surface area contributed by atoms with E-state index in [1.807, 2.05) is 83.1 Å². The number of carbonyl (C=O) groups excluding carboxylic acids is 1. The molecule has 0 aliphatic rings. The second-order valence-electron chi connectivity index (χ2n) is 9.27. The van der Waals surface area contributed by atoms with Crippen LogP contribution in [0.4, 0.5) is 0 Å². The standard InChI is InChI=1S/C28H31N3O3/c1-18(2)15-26(32)30(17-23-9-8-14-34-23)21(5)27-29-25-11-7-6-10-24(25)28(33)31(27)22-13-12-19(3)20(4)16-22/h6-14,16,18,21H,15,17H2,1-5H3. The molecule has 176 valence electrons. The number of rotatable bonds is 7. The molecular formula is C28H31N3O3. The number of fused-ring (bicyclic) bond motifs is 1. The normalized spacial score (nSPS) is 12.3. The summed E-state index contributed by atoms with van der Waals surface area (Å²) in [7, 11) is 0. The van der Waals surface area contributed by atoms with Crippen LogP contribution in [0.25, 0.3) is 16.6 Å². The van der Waals surface area contributed by atoms with E-state index in [1.165, 1.54) is 0 Å². The highest BCUT2D eigenvalue weighted by atomic mass is 16.3. The molecule has 0 fully saturated rings. The van der Waals surface area contributed by atoms with Crippen LogP contribution in [0.5, 0.6) is 0 Å². The van der Waals surface area contributed by atoms with Crippen molar-refractivity contribution in [2.45, 2.75) is 53.6 Å². The average Bonchev–Trinajstić information content (AvgIpc) is 3.32. The number of nitrogens with zero attached hydrogens (tertiary/aromatic N) is 3. The van der Waals surface area contributed by atoms with Gasteiger partial charge in [0.05, 0.1) is 35.4 Å². The van der Waals surface area contributed by atoms with Crippen molar-refractivity contribution >= 4 is 16.8 Å². The second-order valence-corrected chi connectivity index (χ2v) is 9.27. The van der Waals surface area contributed by atoms with E-state index < -0.39 is 6.04 Å². The van der Waals surface area contributed by atoms with Crippen molar-refractivity contribution in [3.8, 4) is 5.69 Å². The molecule has 0 bridgehead atoms. The zero-order valence-corrected chi connectivity index (χ0v) is 20.4. The minimum atomic E-state index is -0.463. The summed E-state index contributed by atoms with van der Waals surface area (Å²) in [6.07, 6.45) is 2.00. The Kier molecular flexibility index (Phi) is 6.68. The van der Waals surface area contributed by atoms with E-state index in [4.69, 9.17) is 9.40 Å². The molecule has 2 heterocycles. The van der Waals surface area contributed by atoms with Crippen molar-refractivity contribution in [3.05, 3.63) is 93.9 Å². The van der Waals surface area contributed by atoms with E-state index in [9.17, 15) is 9.59 Å². The summed E-state index contributed by atoms with van der Waals surface area (Å²) in [5, 5.41) is 0.544. The molecular weight excluding hydrogens is 426 g/mol. The lowest BCUT2D eigenvalue weighted by molar-refractivity contribution is -0.135. The van der Waals surface area contributed by atoms with E-state index in [2.05, 4.69) is 0 Å². The van der Waals surface area contributed by atoms with Crippen molar-refractivity contribution in [1.29, 1.82) is 0 Å². The van der Waals surface area contributed by atoms with Crippen LogP contribution in [-0.2, 0) is 11.3 Å². The van der Waals surface area contributed by atoms with Crippen molar-refractivity contribution < 1.29 is 9.21 Å². The Bertz CT molecular complexity index is 1370. The predicted molar refractivity (Wildman–Crippen MR) is 134 cm³/mol. The highest BCUT2D eigenvalue weighted by molar-refractivity contribution is 5.79. The molecule has 0 saturated carbocycles. The number of amides is 1. The predicted octanol–water partition coefficient (Wildman–Crippen LogP) is 5.73. The van der Waals surface area contributed by atoms with Gasteiger partial charge >= 0.3 is 0 Å². The summed E-state index contributed by atoms with van der Waals surface area (Å²) in [5.74, 6) is 1.40. The van der Waals surface area contributed by atoms with E-state index >= 15 is 0 Å². The van der Waals surface area contributed by atoms with Crippen LogP contribution in [0.2, 0.25) is 0 Å². The highest BCUT2D eigenvalue weighted by Gasteiger charge is 2.28. The molecule has 2 aromatic heterocycles. The first kappa shape index (κ1) is 23.5. The lowest BCUT2D eigenvalue weighted by atomic mass is 10.1. The van der Waals surface area contributed by atoms with Gasteiger partial charge in [-0.1, -0.05) is 32.0 Å². The Morgan fingerprint density at radius 3 is 2.47 bits per heavy atom. The van der Waals surface area contributed by atoms with Gasteiger partial charge in [-0.15, -0.1) is 0 Å². The van der Waals surface area contributed by atoms with Crippen LogP contribution in [-0.4, -0.2) is 20.4 Å². The van der Waals surface area contributed by atoms with Crippen LogP contribution < -0.4 is 5.56 Å². The zero-order chi connectivity index (χ0) is 24.4. The van der Waals surface area contributed by atoms with Gasteiger partial charge in [-0.25, -0.2) is 4.98 Å². The van der Waals surface area contributed by atoms with Crippen molar-refractivity contribution in [3.63, 3.8) is 0 Å². The van der Waals surface area contributed by atoms with Gasteiger partial charge < -0.3 is 9.32 Å². The molecule has 0 spiro atoms. The Labute approximate surface area is 199 Å². The lowest BCUT2D eigenvalue weighted by Crippen LogP contribution is -2.37. The van der Waals surface area contributed by atoms with Crippen LogP contribution in [0.3, 0.4) is 0 Å². The van der Waals surface area contributed by atoms with Gasteiger partial charge in [-0.2, -0.15) is 0 Å². The Hall–Kier alpha value is -3.67. The van der Waals surface area contributed by atoms with Gasteiger partial charge in [0.25, 0.3) is 5.56 Å². The van der Waals surface area contributed by atoms with Crippen molar-refractivity contribution in [2.24, 2.45) is 5.92 Å². The summed E-state index contributed by atoms with van der Waals surface area (Å²) in [6, 6.07) is 16.5. The number of benzene rings is 2. The third-order valence-corrected chi connectivity index (χ3v) is 6.20. The van der Waals surface area contributed by atoms with Gasteiger partial charge in [0, 0.05) is 6.42 Å². The molecule has 0 aliphatic heterocycles. The molecule has 2 aromatic carbocycles. The third kappa shape index (κ3) is 4.67. The number of aryl methyl sites for hydroxylation is 2. The topological polar surface area (TPSA) is 68.3 Å². The SMILES string of the molecule is Cc1ccc(-n2c(C(C)N(Cc3ccco3)C(=O)CC(C)C)nc3ccccc3c2=O)cc1C. The van der Waals surface area contributed by atoms with E-state index in [-0.39, 0.29) is 17.4 Å². The summed E-state index contributed by atoms with van der Waals surface area (Å²) >= 11 is 0. The number of furan rings is 1. The smallest absolute Gasteiger partial charge is 0.266 e. The first-order valence-corrected chi connectivity index (χ1v) is 11.7. The summed E-state index contributed by atoms with van der Waals surface area (Å²) in [5.41, 5.74) is 3.43. The molecule has 6 heteroatoms. The molecule has 1 unspecified atom stereocenters. The second kappa shape index (κ2) is 9.67. The van der Waals surface area contributed by atoms with Gasteiger partial charge in [0.1, 0.15) is 11.6 Å². The fourth-order valence-corrected chi connectivity index (χ4v) is 4.16. The fourth-order valence-electron chi connectivity index (χ4n) is 4.16. The molecule has 0 radical (unpaired) electrons. The summed E-state index contributed by atoms with van der Waals surface area (Å²) in [6.45, 7) is 10.3. The van der Waals surface area contributed by atoms with Crippen LogP contribution in [0.15, 0.2) is 70.1 Å². The Morgan fingerprint density at radius 1 is 1.03 bits per heavy atom. The molecule has 0 aliphatic carbocycles. The van der Waals surface area contributed by atoms with E-state index in [0.29, 0.717) is 35.5 Å². The largest absolute Gasteiger partial charge is 0.467 e. The van der Waals surface area contributed by atoms with E-state index in [1.54, 1.807) is 21.8 Å².